The number of amides is 1. The van der Waals surface area contributed by atoms with Crippen LogP contribution >= 0.6 is 12.2 Å². The third kappa shape index (κ3) is 3.41. The molecule has 134 valence electrons. The normalized spacial score (nSPS) is 10.9. The van der Waals surface area contributed by atoms with Gasteiger partial charge in [0.1, 0.15) is 5.69 Å². The first-order chi connectivity index (χ1) is 13.1. The molecule has 0 radical (unpaired) electrons. The van der Waals surface area contributed by atoms with Gasteiger partial charge in [0.25, 0.3) is 5.91 Å². The Morgan fingerprint density at radius 1 is 1.00 bits per heavy atom. The number of benzene rings is 3. The second-order valence-electron chi connectivity index (χ2n) is 6.49. The molecule has 0 atom stereocenters. The Morgan fingerprint density at radius 3 is 2.48 bits per heavy atom. The van der Waals surface area contributed by atoms with Gasteiger partial charge in [-0.05, 0) is 46.8 Å². The third-order valence-electron chi connectivity index (χ3n) is 4.59. The van der Waals surface area contributed by atoms with Crippen molar-refractivity contribution in [3.8, 4) is 5.69 Å². The smallest absolute Gasteiger partial charge is 0.272 e. The van der Waals surface area contributed by atoms with E-state index in [-0.39, 0.29) is 5.91 Å². The first kappa shape index (κ1) is 17.2. The van der Waals surface area contributed by atoms with Gasteiger partial charge in [0.15, 0.2) is 4.77 Å². The van der Waals surface area contributed by atoms with E-state index in [4.69, 9.17) is 12.2 Å². The lowest BCUT2D eigenvalue weighted by atomic mass is 10.1. The van der Waals surface area contributed by atoms with Gasteiger partial charge in [-0.3, -0.25) is 9.36 Å². The van der Waals surface area contributed by atoms with Crippen molar-refractivity contribution >= 4 is 28.9 Å². The van der Waals surface area contributed by atoms with Crippen LogP contribution in [0.4, 0.5) is 0 Å². The second kappa shape index (κ2) is 7.21. The standard InChI is InChI=1S/C22H19N3OS/c1-24(15-16-11-12-17-7-5-6-8-18(17)13-16)21(26)20-14-23-22(27)25(20)19-9-3-2-4-10-19/h2-14H,15H2,1H3,(H,23,27). The predicted octanol–water partition coefficient (Wildman–Crippen LogP) is 4.96. The van der Waals surface area contributed by atoms with Gasteiger partial charge < -0.3 is 9.88 Å². The molecule has 1 N–H and O–H groups in total. The summed E-state index contributed by atoms with van der Waals surface area (Å²) in [5.41, 5.74) is 2.48. The Balaban J connectivity index is 1.62. The summed E-state index contributed by atoms with van der Waals surface area (Å²) in [6.07, 6.45) is 1.68. The first-order valence-corrected chi connectivity index (χ1v) is 9.13. The van der Waals surface area contributed by atoms with Gasteiger partial charge in [0.2, 0.25) is 0 Å². The molecule has 0 saturated carbocycles. The molecular formula is C22H19N3OS. The van der Waals surface area contributed by atoms with Crippen LogP contribution in [0.15, 0.2) is 79.0 Å². The van der Waals surface area contributed by atoms with E-state index < -0.39 is 0 Å². The number of aromatic amines is 1. The molecule has 5 heteroatoms. The van der Waals surface area contributed by atoms with Crippen LogP contribution in [0.1, 0.15) is 16.1 Å². The fraction of sp³-hybridized carbons (Fsp3) is 0.0909. The summed E-state index contributed by atoms with van der Waals surface area (Å²) in [5, 5.41) is 2.36. The number of fused-ring (bicyclic) bond motifs is 1. The highest BCUT2D eigenvalue weighted by molar-refractivity contribution is 7.71. The average molecular weight is 373 g/mol. The number of para-hydroxylation sites is 1. The molecule has 4 rings (SSSR count). The van der Waals surface area contributed by atoms with Crippen LogP contribution in [0, 0.1) is 4.77 Å². The third-order valence-corrected chi connectivity index (χ3v) is 4.89. The van der Waals surface area contributed by atoms with Crippen molar-refractivity contribution in [3.63, 3.8) is 0 Å². The van der Waals surface area contributed by atoms with Gasteiger partial charge in [-0.2, -0.15) is 0 Å². The van der Waals surface area contributed by atoms with Crippen molar-refractivity contribution in [1.29, 1.82) is 0 Å². The van der Waals surface area contributed by atoms with Crippen LogP contribution in [0.2, 0.25) is 0 Å². The lowest BCUT2D eigenvalue weighted by molar-refractivity contribution is 0.0777. The van der Waals surface area contributed by atoms with Crippen LogP contribution in [-0.2, 0) is 6.54 Å². The summed E-state index contributed by atoms with van der Waals surface area (Å²) in [4.78, 5) is 17.8. The van der Waals surface area contributed by atoms with Gasteiger partial charge in [-0.15, -0.1) is 0 Å². The first-order valence-electron chi connectivity index (χ1n) is 8.72. The Bertz CT molecular complexity index is 1160. The summed E-state index contributed by atoms with van der Waals surface area (Å²) < 4.78 is 2.28. The highest BCUT2D eigenvalue weighted by Gasteiger charge is 2.18. The molecular weight excluding hydrogens is 354 g/mol. The van der Waals surface area contributed by atoms with E-state index in [9.17, 15) is 4.79 Å². The number of carbonyl (C=O) groups excluding carboxylic acids is 1. The quantitative estimate of drug-likeness (QED) is 0.514. The number of hydrogen-bond acceptors (Lipinski definition) is 2. The van der Waals surface area contributed by atoms with Crippen molar-refractivity contribution in [2.45, 2.75) is 6.54 Å². The van der Waals surface area contributed by atoms with Crippen molar-refractivity contribution in [3.05, 3.63) is 95.0 Å². The molecule has 27 heavy (non-hydrogen) atoms. The number of nitrogens with zero attached hydrogens (tertiary/aromatic N) is 2. The van der Waals surface area contributed by atoms with Gasteiger partial charge in [0.05, 0.1) is 0 Å². The summed E-state index contributed by atoms with van der Waals surface area (Å²) in [6, 6.07) is 24.2. The minimum atomic E-state index is -0.0839. The topological polar surface area (TPSA) is 41.0 Å². The Kier molecular flexibility index (Phi) is 4.60. The number of nitrogens with one attached hydrogen (secondary N) is 1. The number of rotatable bonds is 4. The number of imidazole rings is 1. The zero-order valence-corrected chi connectivity index (χ0v) is 15.7. The zero-order valence-electron chi connectivity index (χ0n) is 14.9. The summed E-state index contributed by atoms with van der Waals surface area (Å²) >= 11 is 5.38. The molecule has 1 amide bonds. The second-order valence-corrected chi connectivity index (χ2v) is 6.88. The van der Waals surface area contributed by atoms with Gasteiger partial charge in [-0.1, -0.05) is 54.6 Å². The number of H-pyrrole nitrogens is 1. The van der Waals surface area contributed by atoms with E-state index in [1.54, 1.807) is 15.7 Å². The van der Waals surface area contributed by atoms with Gasteiger partial charge in [-0.25, -0.2) is 0 Å². The summed E-state index contributed by atoms with van der Waals surface area (Å²) in [7, 11) is 1.81. The van der Waals surface area contributed by atoms with E-state index in [1.165, 1.54) is 10.8 Å². The molecule has 0 aliphatic carbocycles. The van der Waals surface area contributed by atoms with Crippen LogP contribution in [0.3, 0.4) is 0 Å². The molecule has 0 unspecified atom stereocenters. The maximum absolute atomic E-state index is 13.1. The Hall–Kier alpha value is -3.18. The average Bonchev–Trinajstić information content (AvgIpc) is 3.09. The highest BCUT2D eigenvalue weighted by Crippen LogP contribution is 2.18. The summed E-state index contributed by atoms with van der Waals surface area (Å²) in [5.74, 6) is -0.0839. The Morgan fingerprint density at radius 2 is 1.70 bits per heavy atom. The largest absolute Gasteiger partial charge is 0.336 e. The van der Waals surface area contributed by atoms with Crippen molar-refractivity contribution in [2.24, 2.45) is 0 Å². The van der Waals surface area contributed by atoms with Crippen LogP contribution in [0.5, 0.6) is 0 Å². The summed E-state index contributed by atoms with van der Waals surface area (Å²) in [6.45, 7) is 0.524. The van der Waals surface area contributed by atoms with Crippen LogP contribution in [0.25, 0.3) is 16.5 Å². The molecule has 0 fully saturated rings. The van der Waals surface area contributed by atoms with E-state index in [1.807, 2.05) is 49.5 Å². The minimum absolute atomic E-state index is 0.0839. The number of aromatic nitrogens is 2. The van der Waals surface area contributed by atoms with Crippen molar-refractivity contribution in [1.82, 2.24) is 14.5 Å². The van der Waals surface area contributed by atoms with E-state index >= 15 is 0 Å². The highest BCUT2D eigenvalue weighted by atomic mass is 32.1. The SMILES string of the molecule is CN(Cc1ccc2ccccc2c1)C(=O)c1c[nH]c(=S)n1-c1ccccc1. The maximum Gasteiger partial charge on any atom is 0.272 e. The number of carbonyl (C=O) groups is 1. The van der Waals surface area contributed by atoms with Crippen LogP contribution in [-0.4, -0.2) is 27.4 Å². The number of hydrogen-bond donors (Lipinski definition) is 1. The van der Waals surface area contributed by atoms with Crippen molar-refractivity contribution < 1.29 is 4.79 Å². The lowest BCUT2D eigenvalue weighted by Gasteiger charge is -2.18. The monoisotopic (exact) mass is 373 g/mol. The lowest BCUT2D eigenvalue weighted by Crippen LogP contribution is -2.28. The van der Waals surface area contributed by atoms with E-state index in [0.717, 1.165) is 11.3 Å². The molecule has 4 aromatic rings. The van der Waals surface area contributed by atoms with Crippen molar-refractivity contribution in [2.75, 3.05) is 7.05 Å². The Labute approximate surface area is 162 Å². The molecule has 1 aromatic heterocycles. The molecule has 1 heterocycles. The molecule has 0 aliphatic heterocycles. The predicted molar refractivity (Wildman–Crippen MR) is 111 cm³/mol. The zero-order chi connectivity index (χ0) is 18.8. The van der Waals surface area contributed by atoms with Gasteiger partial charge >= 0.3 is 0 Å². The molecule has 0 bridgehead atoms. The fourth-order valence-electron chi connectivity index (χ4n) is 3.24. The van der Waals surface area contributed by atoms with Gasteiger partial charge in [0, 0.05) is 25.5 Å². The minimum Gasteiger partial charge on any atom is -0.336 e. The molecule has 3 aromatic carbocycles. The molecule has 0 saturated heterocycles. The molecule has 0 aliphatic rings. The fourth-order valence-corrected chi connectivity index (χ4v) is 3.50. The molecule has 4 nitrogen and oxygen atoms in total. The maximum atomic E-state index is 13.1. The van der Waals surface area contributed by atoms with E-state index in [2.05, 4.69) is 35.3 Å². The van der Waals surface area contributed by atoms with E-state index in [0.29, 0.717) is 17.0 Å². The molecule has 0 spiro atoms. The van der Waals surface area contributed by atoms with Crippen LogP contribution < -0.4 is 0 Å².